The average Bonchev–Trinajstić information content (AvgIpc) is 2.98. The number of benzene rings is 1. The van der Waals surface area contributed by atoms with Crippen LogP contribution < -0.4 is 4.90 Å². The number of fused-ring (bicyclic) bond motifs is 1. The Labute approximate surface area is 159 Å². The second kappa shape index (κ2) is 6.64. The van der Waals surface area contributed by atoms with Gasteiger partial charge in [-0.15, -0.1) is 0 Å². The van der Waals surface area contributed by atoms with Crippen molar-refractivity contribution in [3.63, 3.8) is 0 Å². The van der Waals surface area contributed by atoms with Gasteiger partial charge in [-0.2, -0.15) is 0 Å². The topological polar surface area (TPSA) is 68.1 Å². The molecular formula is C20H24N4O2S. The van der Waals surface area contributed by atoms with E-state index in [1.807, 2.05) is 38.4 Å². The zero-order valence-corrected chi connectivity index (χ0v) is 16.7. The summed E-state index contributed by atoms with van der Waals surface area (Å²) in [6, 6.07) is 10.2. The van der Waals surface area contributed by atoms with Gasteiger partial charge in [-0.05, 0) is 43.5 Å². The number of aryl methyl sites for hydroxylation is 2. The Morgan fingerprint density at radius 2 is 1.85 bits per heavy atom. The lowest BCUT2D eigenvalue weighted by molar-refractivity contribution is 0.532. The Kier molecular flexibility index (Phi) is 4.42. The van der Waals surface area contributed by atoms with E-state index in [0.29, 0.717) is 25.9 Å². The zero-order chi connectivity index (χ0) is 19.2. The van der Waals surface area contributed by atoms with Gasteiger partial charge in [-0.1, -0.05) is 12.1 Å². The van der Waals surface area contributed by atoms with Gasteiger partial charge in [0, 0.05) is 38.2 Å². The molecule has 6 nitrogen and oxygen atoms in total. The lowest BCUT2D eigenvalue weighted by atomic mass is 10.1. The lowest BCUT2D eigenvalue weighted by Crippen LogP contribution is -2.39. The fourth-order valence-electron chi connectivity index (χ4n) is 3.83. The first kappa shape index (κ1) is 18.0. The third-order valence-corrected chi connectivity index (χ3v) is 7.17. The Bertz CT molecular complexity index is 1100. The van der Waals surface area contributed by atoms with Crippen LogP contribution in [0.2, 0.25) is 0 Å². The Hall–Kier alpha value is -2.41. The summed E-state index contributed by atoms with van der Waals surface area (Å²) in [6.45, 7) is 3.45. The minimum absolute atomic E-state index is 0.237. The number of rotatable bonds is 3. The largest absolute Gasteiger partial charge is 0.357 e. The van der Waals surface area contributed by atoms with Crippen molar-refractivity contribution in [1.29, 1.82) is 0 Å². The van der Waals surface area contributed by atoms with Crippen LogP contribution in [0.25, 0.3) is 22.4 Å². The summed E-state index contributed by atoms with van der Waals surface area (Å²) in [5, 5.41) is -0.237. The molecule has 1 saturated heterocycles. The Balaban J connectivity index is 1.67. The highest BCUT2D eigenvalue weighted by atomic mass is 32.2. The van der Waals surface area contributed by atoms with Crippen LogP contribution in [0.1, 0.15) is 18.4 Å². The maximum Gasteiger partial charge on any atom is 0.150 e. The molecule has 1 aromatic carbocycles. The number of pyridine rings is 1. The average molecular weight is 385 g/mol. The van der Waals surface area contributed by atoms with E-state index in [-0.39, 0.29) is 5.25 Å². The van der Waals surface area contributed by atoms with Gasteiger partial charge in [0.15, 0.2) is 0 Å². The standard InChI is InChI=1S/C20H24N4O2S/c1-14-13-21-19(24-10-8-15(9-11-24)27(3,25)26)12-16(14)20-22-17-6-4-5-7-18(17)23(20)2/h4-7,12-13,15H,8-11H2,1-3H3. The number of nitrogens with zero attached hydrogens (tertiary/aromatic N) is 4. The molecule has 0 bridgehead atoms. The molecule has 3 heterocycles. The summed E-state index contributed by atoms with van der Waals surface area (Å²) in [6.07, 6.45) is 4.51. The molecule has 0 saturated carbocycles. The van der Waals surface area contributed by atoms with Gasteiger partial charge in [0.05, 0.1) is 16.3 Å². The molecular weight excluding hydrogens is 360 g/mol. The van der Waals surface area contributed by atoms with E-state index in [9.17, 15) is 8.42 Å². The van der Waals surface area contributed by atoms with Crippen molar-refractivity contribution < 1.29 is 8.42 Å². The molecule has 0 radical (unpaired) electrons. The number of imidazole rings is 1. The number of anilines is 1. The molecule has 142 valence electrons. The molecule has 2 aromatic heterocycles. The molecule has 0 unspecified atom stereocenters. The fraction of sp³-hybridized carbons (Fsp3) is 0.400. The highest BCUT2D eigenvalue weighted by Crippen LogP contribution is 2.30. The summed E-state index contributed by atoms with van der Waals surface area (Å²) >= 11 is 0. The predicted octanol–water partition coefficient (Wildman–Crippen LogP) is 2.96. The smallest absolute Gasteiger partial charge is 0.150 e. The number of piperidine rings is 1. The number of hydrogen-bond acceptors (Lipinski definition) is 5. The van der Waals surface area contributed by atoms with Crippen molar-refractivity contribution in [2.75, 3.05) is 24.2 Å². The number of hydrogen-bond donors (Lipinski definition) is 0. The van der Waals surface area contributed by atoms with Gasteiger partial charge >= 0.3 is 0 Å². The molecule has 3 aromatic rings. The van der Waals surface area contributed by atoms with Gasteiger partial charge in [0.25, 0.3) is 0 Å². The molecule has 4 rings (SSSR count). The maximum atomic E-state index is 11.8. The summed E-state index contributed by atoms with van der Waals surface area (Å²) in [5.74, 6) is 1.80. The molecule has 0 atom stereocenters. The molecule has 1 fully saturated rings. The van der Waals surface area contributed by atoms with E-state index in [4.69, 9.17) is 4.98 Å². The summed E-state index contributed by atoms with van der Waals surface area (Å²) in [5.41, 5.74) is 4.20. The normalized spacial score (nSPS) is 16.2. The Morgan fingerprint density at radius 3 is 2.52 bits per heavy atom. The third-order valence-electron chi connectivity index (χ3n) is 5.49. The van der Waals surface area contributed by atoms with Crippen LogP contribution in [0.4, 0.5) is 5.82 Å². The first-order valence-corrected chi connectivity index (χ1v) is 11.1. The van der Waals surface area contributed by atoms with Crippen LogP contribution in [-0.2, 0) is 16.9 Å². The lowest BCUT2D eigenvalue weighted by Gasteiger charge is -2.32. The van der Waals surface area contributed by atoms with Crippen molar-refractivity contribution in [2.24, 2.45) is 7.05 Å². The highest BCUT2D eigenvalue weighted by molar-refractivity contribution is 7.91. The fourth-order valence-corrected chi connectivity index (χ4v) is 4.89. The number of para-hydroxylation sites is 2. The quantitative estimate of drug-likeness (QED) is 0.694. The molecule has 27 heavy (non-hydrogen) atoms. The van der Waals surface area contributed by atoms with E-state index in [1.165, 1.54) is 6.26 Å². The molecule has 0 N–H and O–H groups in total. The van der Waals surface area contributed by atoms with Crippen LogP contribution in [0, 0.1) is 6.92 Å². The number of aromatic nitrogens is 3. The highest BCUT2D eigenvalue weighted by Gasteiger charge is 2.27. The van der Waals surface area contributed by atoms with Crippen molar-refractivity contribution in [3.8, 4) is 11.4 Å². The first-order chi connectivity index (χ1) is 12.8. The van der Waals surface area contributed by atoms with Crippen molar-refractivity contribution in [2.45, 2.75) is 25.0 Å². The zero-order valence-electron chi connectivity index (χ0n) is 15.9. The van der Waals surface area contributed by atoms with Crippen molar-refractivity contribution in [1.82, 2.24) is 14.5 Å². The van der Waals surface area contributed by atoms with Gasteiger partial charge in [0.1, 0.15) is 21.5 Å². The van der Waals surface area contributed by atoms with Gasteiger partial charge in [0.2, 0.25) is 0 Å². The van der Waals surface area contributed by atoms with Crippen LogP contribution in [0.15, 0.2) is 36.5 Å². The first-order valence-electron chi connectivity index (χ1n) is 9.17. The molecule has 1 aliphatic heterocycles. The van der Waals surface area contributed by atoms with E-state index < -0.39 is 9.84 Å². The van der Waals surface area contributed by atoms with E-state index in [2.05, 4.69) is 26.6 Å². The van der Waals surface area contributed by atoms with E-state index in [0.717, 1.165) is 33.8 Å². The van der Waals surface area contributed by atoms with Crippen LogP contribution >= 0.6 is 0 Å². The monoisotopic (exact) mass is 384 g/mol. The summed E-state index contributed by atoms with van der Waals surface area (Å²) in [7, 11) is -0.941. The van der Waals surface area contributed by atoms with Crippen molar-refractivity contribution >= 4 is 26.7 Å². The second-order valence-corrected chi connectivity index (χ2v) is 9.68. The van der Waals surface area contributed by atoms with Crippen LogP contribution in [0.5, 0.6) is 0 Å². The molecule has 0 amide bonds. The van der Waals surface area contributed by atoms with Gasteiger partial charge in [-0.25, -0.2) is 18.4 Å². The summed E-state index contributed by atoms with van der Waals surface area (Å²) in [4.78, 5) is 11.6. The van der Waals surface area contributed by atoms with Crippen LogP contribution in [-0.4, -0.2) is 47.5 Å². The minimum Gasteiger partial charge on any atom is -0.357 e. The van der Waals surface area contributed by atoms with Crippen molar-refractivity contribution in [3.05, 3.63) is 42.1 Å². The third kappa shape index (κ3) is 3.32. The van der Waals surface area contributed by atoms with E-state index in [1.54, 1.807) is 0 Å². The Morgan fingerprint density at radius 1 is 1.15 bits per heavy atom. The molecule has 0 aliphatic carbocycles. The molecule has 0 spiro atoms. The van der Waals surface area contributed by atoms with Crippen LogP contribution in [0.3, 0.4) is 0 Å². The molecule has 1 aliphatic rings. The van der Waals surface area contributed by atoms with E-state index >= 15 is 0 Å². The second-order valence-electron chi connectivity index (χ2n) is 7.36. The van der Waals surface area contributed by atoms with Gasteiger partial charge < -0.3 is 9.47 Å². The van der Waals surface area contributed by atoms with Gasteiger partial charge in [-0.3, -0.25) is 0 Å². The predicted molar refractivity (Wildman–Crippen MR) is 109 cm³/mol. The molecule has 7 heteroatoms. The summed E-state index contributed by atoms with van der Waals surface area (Å²) < 4.78 is 25.7. The maximum absolute atomic E-state index is 11.8. The minimum atomic E-state index is -2.97. The number of sulfone groups is 1. The SMILES string of the molecule is Cc1cnc(N2CCC(S(C)(=O)=O)CC2)cc1-c1nc2ccccc2n1C.